The van der Waals surface area contributed by atoms with Crippen molar-refractivity contribution in [3.63, 3.8) is 0 Å². The molecule has 1 aromatic rings. The molecule has 134 valence electrons. The number of carbonyl (C=O) groups is 1. The third-order valence-corrected chi connectivity index (χ3v) is 4.24. The number of para-hydroxylation sites is 1. The maximum atomic E-state index is 12.4. The van der Waals surface area contributed by atoms with Gasteiger partial charge in [0.2, 0.25) is 5.91 Å². The second kappa shape index (κ2) is 7.98. The monoisotopic (exact) mass is 343 g/mol. The molecular formula is C17H24F3N3O. The summed E-state index contributed by atoms with van der Waals surface area (Å²) in [7, 11) is 0. The number of anilines is 1. The summed E-state index contributed by atoms with van der Waals surface area (Å²) in [6.07, 6.45) is -3.34. The highest BCUT2D eigenvalue weighted by molar-refractivity contribution is 5.93. The molecule has 0 saturated carbocycles. The van der Waals surface area contributed by atoms with Crippen LogP contribution in [-0.4, -0.2) is 61.2 Å². The molecule has 2 rings (SSSR count). The Labute approximate surface area is 140 Å². The van der Waals surface area contributed by atoms with Crippen molar-refractivity contribution in [2.24, 2.45) is 0 Å². The summed E-state index contributed by atoms with van der Waals surface area (Å²) in [5.41, 5.74) is 2.94. The van der Waals surface area contributed by atoms with E-state index >= 15 is 0 Å². The number of aryl methyl sites for hydroxylation is 2. The van der Waals surface area contributed by atoms with Gasteiger partial charge in [-0.15, -0.1) is 0 Å². The van der Waals surface area contributed by atoms with Crippen molar-refractivity contribution >= 4 is 11.6 Å². The van der Waals surface area contributed by atoms with Crippen LogP contribution in [0.25, 0.3) is 0 Å². The Morgan fingerprint density at radius 3 is 2.38 bits per heavy atom. The molecule has 1 aromatic carbocycles. The fourth-order valence-electron chi connectivity index (χ4n) is 2.94. The second-order valence-electron chi connectivity index (χ2n) is 6.18. The molecule has 7 heteroatoms. The number of hydrogen-bond donors (Lipinski definition) is 1. The Hall–Kier alpha value is -1.60. The molecule has 1 aliphatic heterocycles. The summed E-state index contributed by atoms with van der Waals surface area (Å²) in [6, 6.07) is 5.90. The van der Waals surface area contributed by atoms with Gasteiger partial charge in [0, 0.05) is 31.9 Å². The minimum Gasteiger partial charge on any atom is -0.324 e. The largest absolute Gasteiger partial charge is 0.401 e. The van der Waals surface area contributed by atoms with Crippen LogP contribution in [0.4, 0.5) is 18.9 Å². The fraction of sp³-hybridized carbons (Fsp3) is 0.588. The van der Waals surface area contributed by atoms with Gasteiger partial charge in [0.15, 0.2) is 0 Å². The maximum Gasteiger partial charge on any atom is 0.401 e. The highest BCUT2D eigenvalue weighted by atomic mass is 19.4. The zero-order chi connectivity index (χ0) is 17.7. The zero-order valence-electron chi connectivity index (χ0n) is 14.1. The average Bonchev–Trinajstić information content (AvgIpc) is 2.50. The number of rotatable bonds is 5. The van der Waals surface area contributed by atoms with E-state index in [0.29, 0.717) is 26.2 Å². The molecule has 0 unspecified atom stereocenters. The van der Waals surface area contributed by atoms with Crippen LogP contribution in [-0.2, 0) is 11.2 Å². The van der Waals surface area contributed by atoms with Gasteiger partial charge in [-0.25, -0.2) is 0 Å². The third-order valence-electron chi connectivity index (χ3n) is 4.24. The van der Waals surface area contributed by atoms with Crippen molar-refractivity contribution in [3.8, 4) is 0 Å². The lowest BCUT2D eigenvalue weighted by Gasteiger charge is -2.34. The summed E-state index contributed by atoms with van der Waals surface area (Å²) in [5, 5.41) is 2.95. The Bertz CT molecular complexity index is 567. The first-order valence-corrected chi connectivity index (χ1v) is 8.18. The first-order chi connectivity index (χ1) is 11.3. The van der Waals surface area contributed by atoms with Crippen LogP contribution in [0.2, 0.25) is 0 Å². The van der Waals surface area contributed by atoms with Crippen LogP contribution in [0.5, 0.6) is 0 Å². The number of carbonyl (C=O) groups excluding carboxylic acids is 1. The van der Waals surface area contributed by atoms with Gasteiger partial charge in [0.25, 0.3) is 0 Å². The van der Waals surface area contributed by atoms with Crippen molar-refractivity contribution in [3.05, 3.63) is 29.3 Å². The van der Waals surface area contributed by atoms with E-state index in [2.05, 4.69) is 5.32 Å². The van der Waals surface area contributed by atoms with Gasteiger partial charge in [0.05, 0.1) is 13.1 Å². The average molecular weight is 343 g/mol. The fourth-order valence-corrected chi connectivity index (χ4v) is 2.94. The number of nitrogens with one attached hydrogen (secondary N) is 1. The van der Waals surface area contributed by atoms with E-state index in [0.717, 1.165) is 23.2 Å². The van der Waals surface area contributed by atoms with Crippen molar-refractivity contribution in [1.82, 2.24) is 9.80 Å². The molecule has 0 spiro atoms. The Kier molecular flexibility index (Phi) is 6.23. The predicted molar refractivity (Wildman–Crippen MR) is 88.1 cm³/mol. The summed E-state index contributed by atoms with van der Waals surface area (Å²) in [6.45, 7) is 4.91. The molecule has 1 aliphatic rings. The molecule has 1 saturated heterocycles. The molecule has 1 amide bonds. The number of alkyl halides is 3. The smallest absolute Gasteiger partial charge is 0.324 e. The molecule has 0 aromatic heterocycles. The minimum atomic E-state index is -4.17. The zero-order valence-corrected chi connectivity index (χ0v) is 14.1. The van der Waals surface area contributed by atoms with Crippen molar-refractivity contribution in [2.45, 2.75) is 26.4 Å². The van der Waals surface area contributed by atoms with Gasteiger partial charge in [-0.1, -0.05) is 25.1 Å². The van der Waals surface area contributed by atoms with Crippen molar-refractivity contribution in [2.75, 3.05) is 44.6 Å². The molecule has 0 radical (unpaired) electrons. The molecule has 0 atom stereocenters. The minimum absolute atomic E-state index is 0.122. The summed E-state index contributed by atoms with van der Waals surface area (Å²) < 4.78 is 37.1. The van der Waals surface area contributed by atoms with Crippen molar-refractivity contribution in [1.29, 1.82) is 0 Å². The quantitative estimate of drug-likeness (QED) is 0.893. The number of hydrogen-bond acceptors (Lipinski definition) is 3. The highest BCUT2D eigenvalue weighted by Gasteiger charge is 2.32. The Morgan fingerprint density at radius 2 is 1.79 bits per heavy atom. The topological polar surface area (TPSA) is 35.6 Å². The molecule has 4 nitrogen and oxygen atoms in total. The highest BCUT2D eigenvalue weighted by Crippen LogP contribution is 2.21. The summed E-state index contributed by atoms with van der Waals surface area (Å²) in [4.78, 5) is 15.5. The van der Waals surface area contributed by atoms with Gasteiger partial charge in [0.1, 0.15) is 0 Å². The predicted octanol–water partition coefficient (Wildman–Crippen LogP) is 2.68. The number of halogens is 3. The molecule has 0 aliphatic carbocycles. The standard InChI is InChI=1S/C17H24F3N3O/c1-3-14-6-4-5-13(2)16(14)21-15(24)11-22-7-9-23(10-8-22)12-17(18,19)20/h4-6H,3,7-12H2,1-2H3,(H,21,24). The number of benzene rings is 1. The number of nitrogens with zero attached hydrogens (tertiary/aromatic N) is 2. The van der Waals surface area contributed by atoms with E-state index in [4.69, 9.17) is 0 Å². The van der Waals surface area contributed by atoms with Crippen LogP contribution in [0.1, 0.15) is 18.1 Å². The van der Waals surface area contributed by atoms with E-state index in [9.17, 15) is 18.0 Å². The molecule has 24 heavy (non-hydrogen) atoms. The lowest BCUT2D eigenvalue weighted by molar-refractivity contribution is -0.149. The van der Waals surface area contributed by atoms with Gasteiger partial charge < -0.3 is 5.32 Å². The van der Waals surface area contributed by atoms with E-state index in [1.54, 1.807) is 0 Å². The molecule has 0 bridgehead atoms. The first kappa shape index (κ1) is 18.7. The number of amides is 1. The lowest BCUT2D eigenvalue weighted by Crippen LogP contribution is -2.50. The van der Waals surface area contributed by atoms with E-state index in [-0.39, 0.29) is 12.5 Å². The Morgan fingerprint density at radius 1 is 1.17 bits per heavy atom. The van der Waals surface area contributed by atoms with Crippen molar-refractivity contribution < 1.29 is 18.0 Å². The Balaban J connectivity index is 1.84. The van der Waals surface area contributed by atoms with Gasteiger partial charge in [-0.05, 0) is 24.5 Å². The second-order valence-corrected chi connectivity index (χ2v) is 6.18. The summed E-state index contributed by atoms with van der Waals surface area (Å²) >= 11 is 0. The molecule has 1 N–H and O–H groups in total. The number of piperazine rings is 1. The van der Waals surface area contributed by atoms with E-state index in [1.807, 2.05) is 36.9 Å². The van der Waals surface area contributed by atoms with Gasteiger partial charge >= 0.3 is 6.18 Å². The van der Waals surface area contributed by atoms with E-state index in [1.165, 1.54) is 4.90 Å². The van der Waals surface area contributed by atoms with Crippen LogP contribution in [0.15, 0.2) is 18.2 Å². The van der Waals surface area contributed by atoms with Gasteiger partial charge in [-0.3, -0.25) is 14.6 Å². The SMILES string of the molecule is CCc1cccc(C)c1NC(=O)CN1CCN(CC(F)(F)F)CC1. The molecule has 1 heterocycles. The van der Waals surface area contributed by atoms with Crippen LogP contribution >= 0.6 is 0 Å². The van der Waals surface area contributed by atoms with E-state index < -0.39 is 12.7 Å². The summed E-state index contributed by atoms with van der Waals surface area (Å²) in [5.74, 6) is -0.122. The lowest BCUT2D eigenvalue weighted by atomic mass is 10.1. The molecule has 1 fully saturated rings. The molecular weight excluding hydrogens is 319 g/mol. The van der Waals surface area contributed by atoms with Crippen LogP contribution in [0, 0.1) is 6.92 Å². The van der Waals surface area contributed by atoms with Crippen LogP contribution in [0.3, 0.4) is 0 Å². The maximum absolute atomic E-state index is 12.4. The first-order valence-electron chi connectivity index (χ1n) is 8.18. The van der Waals surface area contributed by atoms with Crippen LogP contribution < -0.4 is 5.32 Å². The third kappa shape index (κ3) is 5.49. The normalized spacial score (nSPS) is 17.0. The van der Waals surface area contributed by atoms with Gasteiger partial charge in [-0.2, -0.15) is 13.2 Å².